The smallest absolute Gasteiger partial charge is 0.253 e. The van der Waals surface area contributed by atoms with Gasteiger partial charge >= 0.3 is 0 Å². The maximum absolute atomic E-state index is 12.9. The molecule has 2 heterocycles. The van der Waals surface area contributed by atoms with Crippen molar-refractivity contribution in [1.82, 2.24) is 9.88 Å². The lowest BCUT2D eigenvalue weighted by Crippen LogP contribution is -2.48. The number of hydrogen-bond acceptors (Lipinski definition) is 6. The lowest BCUT2D eigenvalue weighted by molar-refractivity contribution is 0.0746. The quantitative estimate of drug-likeness (QED) is 0.652. The van der Waals surface area contributed by atoms with Crippen molar-refractivity contribution in [1.29, 1.82) is 0 Å². The SMILES string of the molecule is COc1ccc(OC)c2sc(N3CCN(C(=O)c4cc(C)cc(C)c4)CC3)nc12. The van der Waals surface area contributed by atoms with E-state index in [9.17, 15) is 4.79 Å². The number of carbonyl (C=O) groups excluding carboxylic acids is 1. The molecule has 6 nitrogen and oxygen atoms in total. The highest BCUT2D eigenvalue weighted by atomic mass is 32.1. The predicted octanol–water partition coefficient (Wildman–Crippen LogP) is 3.89. The Labute approximate surface area is 174 Å². The Bertz CT molecular complexity index is 994. The Hall–Kier alpha value is -2.80. The Kier molecular flexibility index (Phi) is 5.32. The van der Waals surface area contributed by atoms with E-state index in [1.165, 1.54) is 0 Å². The van der Waals surface area contributed by atoms with Gasteiger partial charge in [-0.2, -0.15) is 0 Å². The molecule has 29 heavy (non-hydrogen) atoms. The second-order valence-electron chi connectivity index (χ2n) is 7.30. The van der Waals surface area contributed by atoms with E-state index in [0.717, 1.165) is 56.6 Å². The summed E-state index contributed by atoms with van der Waals surface area (Å²) in [6, 6.07) is 9.81. The molecule has 1 amide bonds. The van der Waals surface area contributed by atoms with E-state index in [4.69, 9.17) is 14.5 Å². The molecule has 0 bridgehead atoms. The van der Waals surface area contributed by atoms with E-state index in [1.54, 1.807) is 25.6 Å². The van der Waals surface area contributed by atoms with Gasteiger partial charge in [-0.15, -0.1) is 0 Å². The van der Waals surface area contributed by atoms with Crippen LogP contribution in [0.5, 0.6) is 11.5 Å². The number of amides is 1. The van der Waals surface area contributed by atoms with Crippen LogP contribution in [0.2, 0.25) is 0 Å². The lowest BCUT2D eigenvalue weighted by Gasteiger charge is -2.34. The van der Waals surface area contributed by atoms with Crippen LogP contribution in [0.4, 0.5) is 5.13 Å². The van der Waals surface area contributed by atoms with Gasteiger partial charge in [0.15, 0.2) is 5.13 Å². The number of nitrogens with zero attached hydrogens (tertiary/aromatic N) is 3. The van der Waals surface area contributed by atoms with Crippen molar-refractivity contribution < 1.29 is 14.3 Å². The van der Waals surface area contributed by atoms with Gasteiger partial charge in [0.2, 0.25) is 0 Å². The molecule has 2 aromatic carbocycles. The molecular formula is C22H25N3O3S. The number of thiazole rings is 1. The maximum atomic E-state index is 12.9. The van der Waals surface area contributed by atoms with Crippen LogP contribution in [-0.4, -0.2) is 56.2 Å². The summed E-state index contributed by atoms with van der Waals surface area (Å²) in [5.41, 5.74) is 3.82. The van der Waals surface area contributed by atoms with E-state index >= 15 is 0 Å². The van der Waals surface area contributed by atoms with Gasteiger partial charge in [-0.25, -0.2) is 4.98 Å². The van der Waals surface area contributed by atoms with Gasteiger partial charge < -0.3 is 19.3 Å². The van der Waals surface area contributed by atoms with Crippen molar-refractivity contribution in [3.8, 4) is 11.5 Å². The Morgan fingerprint density at radius 3 is 2.21 bits per heavy atom. The highest BCUT2D eigenvalue weighted by molar-refractivity contribution is 7.22. The fraction of sp³-hybridized carbons (Fsp3) is 0.364. The molecular weight excluding hydrogens is 386 g/mol. The van der Waals surface area contributed by atoms with Crippen molar-refractivity contribution in [2.24, 2.45) is 0 Å². The number of fused-ring (bicyclic) bond motifs is 1. The topological polar surface area (TPSA) is 54.9 Å². The third-order valence-electron chi connectivity index (χ3n) is 5.21. The number of methoxy groups -OCH3 is 2. The summed E-state index contributed by atoms with van der Waals surface area (Å²) >= 11 is 1.60. The number of rotatable bonds is 4. The highest BCUT2D eigenvalue weighted by Crippen LogP contribution is 2.40. The number of piperazine rings is 1. The third kappa shape index (κ3) is 3.74. The summed E-state index contributed by atoms with van der Waals surface area (Å²) in [5, 5.41) is 0.932. The van der Waals surface area contributed by atoms with Crippen LogP contribution in [0, 0.1) is 13.8 Å². The largest absolute Gasteiger partial charge is 0.495 e. The molecule has 1 aromatic heterocycles. The molecule has 1 aliphatic heterocycles. The number of aryl methyl sites for hydroxylation is 2. The van der Waals surface area contributed by atoms with Crippen LogP contribution in [0.3, 0.4) is 0 Å². The molecule has 0 N–H and O–H groups in total. The zero-order valence-electron chi connectivity index (χ0n) is 17.2. The average Bonchev–Trinajstić information content (AvgIpc) is 3.17. The lowest BCUT2D eigenvalue weighted by atomic mass is 10.1. The van der Waals surface area contributed by atoms with Gasteiger partial charge in [0.05, 0.1) is 14.2 Å². The zero-order chi connectivity index (χ0) is 20.5. The van der Waals surface area contributed by atoms with Gasteiger partial charge in [-0.3, -0.25) is 4.79 Å². The van der Waals surface area contributed by atoms with E-state index in [1.807, 2.05) is 43.0 Å². The van der Waals surface area contributed by atoms with E-state index in [0.29, 0.717) is 13.1 Å². The predicted molar refractivity (Wildman–Crippen MR) is 117 cm³/mol. The van der Waals surface area contributed by atoms with E-state index in [2.05, 4.69) is 11.0 Å². The number of aromatic nitrogens is 1. The summed E-state index contributed by atoms with van der Waals surface area (Å²) in [6.45, 7) is 6.91. The minimum Gasteiger partial charge on any atom is -0.495 e. The van der Waals surface area contributed by atoms with Gasteiger partial charge in [0.25, 0.3) is 5.91 Å². The molecule has 0 saturated carbocycles. The van der Waals surface area contributed by atoms with Crippen molar-refractivity contribution in [3.63, 3.8) is 0 Å². The van der Waals surface area contributed by atoms with Crippen molar-refractivity contribution >= 4 is 32.6 Å². The first-order chi connectivity index (χ1) is 14.0. The average molecular weight is 412 g/mol. The van der Waals surface area contributed by atoms with Gasteiger partial charge in [0, 0.05) is 31.7 Å². The van der Waals surface area contributed by atoms with Crippen molar-refractivity contribution in [2.45, 2.75) is 13.8 Å². The fourth-order valence-corrected chi connectivity index (χ4v) is 4.92. The minimum absolute atomic E-state index is 0.101. The molecule has 1 saturated heterocycles. The first-order valence-corrected chi connectivity index (χ1v) is 10.5. The summed E-state index contributed by atoms with van der Waals surface area (Å²) in [5.74, 6) is 1.64. The second-order valence-corrected chi connectivity index (χ2v) is 8.28. The van der Waals surface area contributed by atoms with Crippen LogP contribution in [0.25, 0.3) is 10.2 Å². The van der Waals surface area contributed by atoms with Crippen molar-refractivity contribution in [3.05, 3.63) is 47.0 Å². The van der Waals surface area contributed by atoms with E-state index in [-0.39, 0.29) is 5.91 Å². The molecule has 1 fully saturated rings. The molecule has 0 atom stereocenters. The van der Waals surface area contributed by atoms with Crippen LogP contribution < -0.4 is 14.4 Å². The summed E-state index contributed by atoms with van der Waals surface area (Å²) < 4.78 is 11.9. The molecule has 0 spiro atoms. The molecule has 0 unspecified atom stereocenters. The standard InChI is InChI=1S/C22H25N3O3S/c1-14-11-15(2)13-16(12-14)21(26)24-7-9-25(10-8-24)22-23-19-17(27-3)5-6-18(28-4)20(19)29-22/h5-6,11-13H,7-10H2,1-4H3. The molecule has 1 aliphatic rings. The number of anilines is 1. The summed E-state index contributed by atoms with van der Waals surface area (Å²) in [7, 11) is 3.32. The van der Waals surface area contributed by atoms with Crippen LogP contribution >= 0.6 is 11.3 Å². The number of benzene rings is 2. The number of ether oxygens (including phenoxy) is 2. The van der Waals surface area contributed by atoms with Crippen LogP contribution in [0.15, 0.2) is 30.3 Å². The summed E-state index contributed by atoms with van der Waals surface area (Å²) in [6.07, 6.45) is 0. The molecule has 152 valence electrons. The first-order valence-electron chi connectivity index (χ1n) is 9.64. The maximum Gasteiger partial charge on any atom is 0.253 e. The van der Waals surface area contributed by atoms with Crippen LogP contribution in [-0.2, 0) is 0 Å². The van der Waals surface area contributed by atoms with Crippen LogP contribution in [0.1, 0.15) is 21.5 Å². The summed E-state index contributed by atoms with van der Waals surface area (Å²) in [4.78, 5) is 21.9. The highest BCUT2D eigenvalue weighted by Gasteiger charge is 2.25. The van der Waals surface area contributed by atoms with Gasteiger partial charge in [-0.1, -0.05) is 28.5 Å². The fourth-order valence-electron chi connectivity index (χ4n) is 3.79. The first kappa shape index (κ1) is 19.5. The molecule has 7 heteroatoms. The Balaban J connectivity index is 1.51. The van der Waals surface area contributed by atoms with Gasteiger partial charge in [0.1, 0.15) is 21.7 Å². The molecule has 4 rings (SSSR count). The van der Waals surface area contributed by atoms with Crippen molar-refractivity contribution in [2.75, 3.05) is 45.3 Å². The monoisotopic (exact) mass is 411 g/mol. The van der Waals surface area contributed by atoms with Gasteiger partial charge in [-0.05, 0) is 38.1 Å². The minimum atomic E-state index is 0.101. The zero-order valence-corrected chi connectivity index (χ0v) is 18.0. The third-order valence-corrected chi connectivity index (χ3v) is 6.34. The normalized spacial score (nSPS) is 14.3. The Morgan fingerprint density at radius 1 is 0.966 bits per heavy atom. The molecule has 0 aliphatic carbocycles. The second kappa shape index (κ2) is 7.91. The molecule has 0 radical (unpaired) electrons. The Morgan fingerprint density at radius 2 is 1.59 bits per heavy atom. The molecule has 3 aromatic rings. The number of hydrogen-bond donors (Lipinski definition) is 0. The van der Waals surface area contributed by atoms with E-state index < -0.39 is 0 Å². The number of carbonyl (C=O) groups is 1.